The molecule has 198 valence electrons. The van der Waals surface area contributed by atoms with E-state index >= 15 is 0 Å². The molecule has 1 amide bonds. The quantitative estimate of drug-likeness (QED) is 0.193. The molecule has 0 bridgehead atoms. The van der Waals surface area contributed by atoms with Crippen LogP contribution in [0.4, 0.5) is 0 Å². The van der Waals surface area contributed by atoms with Crippen LogP contribution in [0, 0.1) is 6.92 Å². The molecule has 0 aliphatic rings. The van der Waals surface area contributed by atoms with Crippen molar-refractivity contribution in [2.45, 2.75) is 26.0 Å². The standard InChI is InChI=1S/C31H26ClNO5S/c1-19-26-12-7-23(22-5-8-24(32)9-6-22)16-28(26)38-29(19)30(34)33-27(31(35)36-2)15-20-3-10-25(11-4-20)37-17-21-13-14-39-18-21/h3-14,16,18,27H,15,17H2,1-2H3,(H,33,34)/t27-/m0/s1. The van der Waals surface area contributed by atoms with E-state index in [2.05, 4.69) is 5.32 Å². The maximum absolute atomic E-state index is 13.3. The summed E-state index contributed by atoms with van der Waals surface area (Å²) in [5, 5.41) is 8.33. The minimum Gasteiger partial charge on any atom is -0.489 e. The van der Waals surface area contributed by atoms with Gasteiger partial charge in [-0.05, 0) is 76.3 Å². The Balaban J connectivity index is 1.30. The Morgan fingerprint density at radius 2 is 1.72 bits per heavy atom. The second kappa shape index (κ2) is 11.8. The Morgan fingerprint density at radius 1 is 0.974 bits per heavy atom. The van der Waals surface area contributed by atoms with Crippen molar-refractivity contribution in [3.63, 3.8) is 0 Å². The normalized spacial score (nSPS) is 11.8. The molecule has 2 aromatic heterocycles. The molecule has 2 heterocycles. The number of ether oxygens (including phenoxy) is 2. The number of benzene rings is 3. The third-order valence-corrected chi connectivity index (χ3v) is 7.45. The van der Waals surface area contributed by atoms with Gasteiger partial charge in [-0.1, -0.05) is 48.0 Å². The number of rotatable bonds is 9. The average Bonchev–Trinajstić information content (AvgIpc) is 3.60. The second-order valence-corrected chi connectivity index (χ2v) is 10.3. The molecule has 5 rings (SSSR count). The first-order valence-electron chi connectivity index (χ1n) is 12.3. The van der Waals surface area contributed by atoms with Crippen LogP contribution in [0.3, 0.4) is 0 Å². The highest BCUT2D eigenvalue weighted by Gasteiger charge is 2.26. The van der Waals surface area contributed by atoms with E-state index in [1.54, 1.807) is 11.3 Å². The number of thiophene rings is 1. The van der Waals surface area contributed by atoms with E-state index in [9.17, 15) is 9.59 Å². The van der Waals surface area contributed by atoms with Crippen molar-refractivity contribution in [3.05, 3.63) is 111 Å². The number of halogens is 1. The summed E-state index contributed by atoms with van der Waals surface area (Å²) in [6, 6.07) is 21.9. The van der Waals surface area contributed by atoms with Gasteiger partial charge in [0.2, 0.25) is 0 Å². The predicted molar refractivity (Wildman–Crippen MR) is 153 cm³/mol. The van der Waals surface area contributed by atoms with Gasteiger partial charge in [0.05, 0.1) is 7.11 Å². The van der Waals surface area contributed by atoms with Crippen molar-refractivity contribution in [1.82, 2.24) is 5.32 Å². The summed E-state index contributed by atoms with van der Waals surface area (Å²) in [6.45, 7) is 2.31. The van der Waals surface area contributed by atoms with Crippen molar-refractivity contribution in [2.75, 3.05) is 7.11 Å². The third-order valence-electron chi connectivity index (χ3n) is 6.46. The Hall–Kier alpha value is -4.07. The van der Waals surface area contributed by atoms with Gasteiger partial charge in [0.1, 0.15) is 24.0 Å². The van der Waals surface area contributed by atoms with Crippen LogP contribution in [-0.4, -0.2) is 25.0 Å². The number of fused-ring (bicyclic) bond motifs is 1. The largest absolute Gasteiger partial charge is 0.489 e. The van der Waals surface area contributed by atoms with Gasteiger partial charge >= 0.3 is 5.97 Å². The highest BCUT2D eigenvalue weighted by molar-refractivity contribution is 7.07. The summed E-state index contributed by atoms with van der Waals surface area (Å²) in [5.41, 5.74) is 5.16. The minimum absolute atomic E-state index is 0.157. The number of carbonyl (C=O) groups is 2. The lowest BCUT2D eigenvalue weighted by Gasteiger charge is -2.16. The van der Waals surface area contributed by atoms with Crippen molar-refractivity contribution in [3.8, 4) is 16.9 Å². The van der Waals surface area contributed by atoms with Gasteiger partial charge in [0.15, 0.2) is 5.76 Å². The molecule has 1 atom stereocenters. The number of esters is 1. The molecule has 0 spiro atoms. The summed E-state index contributed by atoms with van der Waals surface area (Å²) >= 11 is 7.64. The number of amides is 1. The zero-order valence-electron chi connectivity index (χ0n) is 21.4. The van der Waals surface area contributed by atoms with E-state index in [0.717, 1.165) is 33.4 Å². The highest BCUT2D eigenvalue weighted by Crippen LogP contribution is 2.30. The molecule has 0 fully saturated rings. The van der Waals surface area contributed by atoms with Gasteiger partial charge in [-0.3, -0.25) is 4.79 Å². The van der Waals surface area contributed by atoms with Gasteiger partial charge in [-0.15, -0.1) is 0 Å². The zero-order valence-corrected chi connectivity index (χ0v) is 23.0. The fourth-order valence-corrected chi connectivity index (χ4v) is 5.10. The first kappa shape index (κ1) is 26.5. The molecule has 0 radical (unpaired) electrons. The molecule has 0 saturated carbocycles. The number of hydrogen-bond donors (Lipinski definition) is 1. The number of aryl methyl sites for hydroxylation is 1. The average molecular weight is 560 g/mol. The fourth-order valence-electron chi connectivity index (χ4n) is 4.32. The molecular weight excluding hydrogens is 534 g/mol. The molecule has 3 aromatic carbocycles. The van der Waals surface area contributed by atoms with Crippen LogP contribution >= 0.6 is 22.9 Å². The van der Waals surface area contributed by atoms with Crippen LogP contribution in [0.25, 0.3) is 22.1 Å². The summed E-state index contributed by atoms with van der Waals surface area (Å²) in [5.74, 6) is -0.147. The number of methoxy groups -OCH3 is 1. The lowest BCUT2D eigenvalue weighted by Crippen LogP contribution is -2.43. The smallest absolute Gasteiger partial charge is 0.328 e. The van der Waals surface area contributed by atoms with Gasteiger partial charge in [-0.2, -0.15) is 11.3 Å². The maximum Gasteiger partial charge on any atom is 0.328 e. The SMILES string of the molecule is COC(=O)[C@H](Cc1ccc(OCc2ccsc2)cc1)NC(=O)c1oc2cc(-c3ccc(Cl)cc3)ccc2c1C. The van der Waals surface area contributed by atoms with E-state index in [1.165, 1.54) is 7.11 Å². The second-order valence-electron chi connectivity index (χ2n) is 9.09. The molecule has 1 N–H and O–H groups in total. The first-order valence-corrected chi connectivity index (χ1v) is 13.6. The Morgan fingerprint density at radius 3 is 2.41 bits per heavy atom. The third kappa shape index (κ3) is 6.16. The molecular formula is C31H26ClNO5S. The molecule has 0 aliphatic heterocycles. The lowest BCUT2D eigenvalue weighted by molar-refractivity contribution is -0.142. The van der Waals surface area contributed by atoms with Gasteiger partial charge in [0, 0.05) is 22.4 Å². The van der Waals surface area contributed by atoms with Crippen LogP contribution < -0.4 is 10.1 Å². The number of carbonyl (C=O) groups excluding carboxylic acids is 2. The molecule has 8 heteroatoms. The topological polar surface area (TPSA) is 77.8 Å². The van der Waals surface area contributed by atoms with Gasteiger partial charge in [-0.25, -0.2) is 4.79 Å². The summed E-state index contributed by atoms with van der Waals surface area (Å²) in [6.07, 6.45) is 0.253. The van der Waals surface area contributed by atoms with E-state index in [1.807, 2.05) is 90.5 Å². The fraction of sp³-hybridized carbons (Fsp3) is 0.161. The zero-order chi connectivity index (χ0) is 27.4. The molecule has 0 saturated heterocycles. The molecule has 5 aromatic rings. The Labute approximate surface area is 235 Å². The molecule has 6 nitrogen and oxygen atoms in total. The number of nitrogens with one attached hydrogen (secondary N) is 1. The summed E-state index contributed by atoms with van der Waals surface area (Å²) < 4.78 is 16.8. The van der Waals surface area contributed by atoms with Crippen LogP contribution in [0.2, 0.25) is 5.02 Å². The van der Waals surface area contributed by atoms with Crippen molar-refractivity contribution < 1.29 is 23.5 Å². The number of furan rings is 1. The van der Waals surface area contributed by atoms with Crippen LogP contribution in [0.5, 0.6) is 5.75 Å². The van der Waals surface area contributed by atoms with Crippen molar-refractivity contribution >= 4 is 45.8 Å². The summed E-state index contributed by atoms with van der Waals surface area (Å²) in [4.78, 5) is 25.8. The van der Waals surface area contributed by atoms with Crippen LogP contribution in [0.1, 0.15) is 27.2 Å². The monoisotopic (exact) mass is 559 g/mol. The van der Waals surface area contributed by atoms with Crippen LogP contribution in [-0.2, 0) is 22.6 Å². The molecule has 0 aliphatic carbocycles. The van der Waals surface area contributed by atoms with E-state index in [0.29, 0.717) is 22.8 Å². The predicted octanol–water partition coefficient (Wildman–Crippen LogP) is 7.22. The minimum atomic E-state index is -0.891. The number of hydrogen-bond acceptors (Lipinski definition) is 6. The Kier molecular flexibility index (Phi) is 8.00. The molecule has 0 unspecified atom stereocenters. The maximum atomic E-state index is 13.3. The van der Waals surface area contributed by atoms with E-state index < -0.39 is 17.9 Å². The van der Waals surface area contributed by atoms with E-state index in [4.69, 9.17) is 25.5 Å². The summed E-state index contributed by atoms with van der Waals surface area (Å²) in [7, 11) is 1.30. The van der Waals surface area contributed by atoms with Gasteiger partial charge < -0.3 is 19.2 Å². The Bertz CT molecular complexity index is 1590. The molecule has 39 heavy (non-hydrogen) atoms. The highest BCUT2D eigenvalue weighted by atomic mass is 35.5. The van der Waals surface area contributed by atoms with Crippen molar-refractivity contribution in [1.29, 1.82) is 0 Å². The van der Waals surface area contributed by atoms with Crippen molar-refractivity contribution in [2.24, 2.45) is 0 Å². The van der Waals surface area contributed by atoms with Gasteiger partial charge in [0.25, 0.3) is 5.91 Å². The lowest BCUT2D eigenvalue weighted by atomic mass is 10.0. The first-order chi connectivity index (χ1) is 18.9. The van der Waals surface area contributed by atoms with Crippen LogP contribution in [0.15, 0.2) is 88.0 Å². The van der Waals surface area contributed by atoms with E-state index in [-0.39, 0.29) is 12.2 Å².